The minimum Gasteiger partial charge on any atom is -0.506 e. The van der Waals surface area contributed by atoms with Gasteiger partial charge in [0.2, 0.25) is 5.91 Å². The first kappa shape index (κ1) is 12.7. The zero-order valence-electron chi connectivity index (χ0n) is 11.1. The molecule has 0 atom stereocenters. The second kappa shape index (κ2) is 5.33. The fraction of sp³-hybridized carbons (Fsp3) is 0.250. The Morgan fingerprint density at radius 2 is 2.15 bits per heavy atom. The first-order valence-corrected chi connectivity index (χ1v) is 6.77. The molecule has 1 aromatic heterocycles. The van der Waals surface area contributed by atoms with Gasteiger partial charge in [-0.3, -0.25) is 9.78 Å². The van der Waals surface area contributed by atoms with Gasteiger partial charge >= 0.3 is 0 Å². The Bertz CT molecular complexity index is 626. The molecule has 0 fully saturated rings. The van der Waals surface area contributed by atoms with Crippen LogP contribution in [0.3, 0.4) is 0 Å². The Kier molecular flexibility index (Phi) is 3.37. The molecule has 1 N–H and O–H groups in total. The average molecular weight is 268 g/mol. The van der Waals surface area contributed by atoms with E-state index in [0.29, 0.717) is 12.2 Å². The predicted octanol–water partition coefficient (Wildman–Crippen LogP) is 2.31. The fourth-order valence-electron chi connectivity index (χ4n) is 2.63. The Balaban J connectivity index is 1.87. The normalized spacial score (nSPS) is 13.9. The Morgan fingerprint density at radius 1 is 1.25 bits per heavy atom. The molecule has 1 aromatic carbocycles. The first-order chi connectivity index (χ1) is 9.75. The number of aromatic nitrogens is 1. The summed E-state index contributed by atoms with van der Waals surface area (Å²) in [6.45, 7) is 0.649. The highest BCUT2D eigenvalue weighted by Gasteiger charge is 2.25. The lowest BCUT2D eigenvalue weighted by atomic mass is 10.0. The number of rotatable bonds is 2. The third kappa shape index (κ3) is 2.37. The maximum absolute atomic E-state index is 12.5. The van der Waals surface area contributed by atoms with Crippen molar-refractivity contribution in [1.82, 2.24) is 4.98 Å². The number of fused-ring (bicyclic) bond motifs is 1. The number of phenolic OH excluding ortho intramolecular Hbond substituents is 1. The average Bonchev–Trinajstić information content (AvgIpc) is 2.48. The molecule has 0 spiro atoms. The van der Waals surface area contributed by atoms with Gasteiger partial charge in [0.1, 0.15) is 5.75 Å². The van der Waals surface area contributed by atoms with E-state index in [1.807, 2.05) is 30.3 Å². The number of pyridine rings is 1. The maximum Gasteiger partial charge on any atom is 0.233 e. The SMILES string of the molecule is O=C(Cc1ccccn1)N1CCCc2cccc(O)c21. The summed E-state index contributed by atoms with van der Waals surface area (Å²) in [5, 5.41) is 10.0. The summed E-state index contributed by atoms with van der Waals surface area (Å²) in [4.78, 5) is 18.3. The van der Waals surface area contributed by atoms with E-state index in [-0.39, 0.29) is 18.1 Å². The number of nitrogens with zero attached hydrogens (tertiary/aromatic N) is 2. The molecule has 3 rings (SSSR count). The zero-order chi connectivity index (χ0) is 13.9. The van der Waals surface area contributed by atoms with Crippen LogP contribution in [0.1, 0.15) is 17.7 Å². The van der Waals surface area contributed by atoms with Crippen molar-refractivity contribution in [3.63, 3.8) is 0 Å². The minimum atomic E-state index is -0.0221. The molecular weight excluding hydrogens is 252 g/mol. The molecule has 4 nitrogen and oxygen atoms in total. The molecule has 0 saturated heterocycles. The minimum absolute atomic E-state index is 0.0221. The highest BCUT2D eigenvalue weighted by atomic mass is 16.3. The van der Waals surface area contributed by atoms with Crippen molar-refractivity contribution in [3.05, 3.63) is 53.9 Å². The number of carbonyl (C=O) groups excluding carboxylic acids is 1. The molecular formula is C16H16N2O2. The topological polar surface area (TPSA) is 53.4 Å². The van der Waals surface area contributed by atoms with E-state index in [0.717, 1.165) is 24.1 Å². The van der Waals surface area contributed by atoms with Crippen LogP contribution in [0.2, 0.25) is 0 Å². The second-order valence-corrected chi connectivity index (χ2v) is 4.93. The van der Waals surface area contributed by atoms with Gasteiger partial charge in [-0.25, -0.2) is 0 Å². The van der Waals surface area contributed by atoms with E-state index in [2.05, 4.69) is 4.98 Å². The van der Waals surface area contributed by atoms with Crippen molar-refractivity contribution in [1.29, 1.82) is 0 Å². The van der Waals surface area contributed by atoms with Gasteiger partial charge in [-0.1, -0.05) is 18.2 Å². The first-order valence-electron chi connectivity index (χ1n) is 6.77. The monoisotopic (exact) mass is 268 g/mol. The van der Waals surface area contributed by atoms with Gasteiger partial charge in [-0.05, 0) is 36.6 Å². The van der Waals surface area contributed by atoms with Crippen LogP contribution in [0.4, 0.5) is 5.69 Å². The number of carbonyl (C=O) groups is 1. The smallest absolute Gasteiger partial charge is 0.233 e. The summed E-state index contributed by atoms with van der Waals surface area (Å²) in [7, 11) is 0. The molecule has 0 aliphatic carbocycles. The van der Waals surface area contributed by atoms with Crippen molar-refractivity contribution in [3.8, 4) is 5.75 Å². The third-order valence-electron chi connectivity index (χ3n) is 3.56. The van der Waals surface area contributed by atoms with Crippen LogP contribution in [0.25, 0.3) is 0 Å². The van der Waals surface area contributed by atoms with Crippen LogP contribution in [-0.2, 0) is 17.6 Å². The predicted molar refractivity (Wildman–Crippen MR) is 76.7 cm³/mol. The standard InChI is InChI=1S/C16H16N2O2/c19-14-8-3-5-12-6-4-10-18(16(12)14)15(20)11-13-7-1-2-9-17-13/h1-3,5,7-9,19H,4,6,10-11H2. The van der Waals surface area contributed by atoms with Crippen molar-refractivity contribution in [2.45, 2.75) is 19.3 Å². The van der Waals surface area contributed by atoms with Crippen LogP contribution >= 0.6 is 0 Å². The van der Waals surface area contributed by atoms with E-state index < -0.39 is 0 Å². The molecule has 0 unspecified atom stereocenters. The van der Waals surface area contributed by atoms with Crippen LogP contribution in [0.5, 0.6) is 5.75 Å². The number of aryl methyl sites for hydroxylation is 1. The van der Waals surface area contributed by atoms with E-state index >= 15 is 0 Å². The van der Waals surface area contributed by atoms with E-state index in [9.17, 15) is 9.90 Å². The van der Waals surface area contributed by atoms with Crippen LogP contribution in [-0.4, -0.2) is 22.5 Å². The lowest BCUT2D eigenvalue weighted by molar-refractivity contribution is -0.118. The maximum atomic E-state index is 12.5. The molecule has 20 heavy (non-hydrogen) atoms. The summed E-state index contributed by atoms with van der Waals surface area (Å²) >= 11 is 0. The van der Waals surface area contributed by atoms with Gasteiger partial charge in [0.25, 0.3) is 0 Å². The highest BCUT2D eigenvalue weighted by molar-refractivity contribution is 5.97. The summed E-state index contributed by atoms with van der Waals surface area (Å²) in [5.41, 5.74) is 2.45. The van der Waals surface area contributed by atoms with Gasteiger partial charge in [-0.2, -0.15) is 0 Å². The molecule has 2 heterocycles. The van der Waals surface area contributed by atoms with Gasteiger partial charge in [0.05, 0.1) is 12.1 Å². The molecule has 0 saturated carbocycles. The van der Waals surface area contributed by atoms with E-state index in [1.54, 1.807) is 17.2 Å². The molecule has 102 valence electrons. The Labute approximate surface area is 117 Å². The Morgan fingerprint density at radius 3 is 2.95 bits per heavy atom. The van der Waals surface area contributed by atoms with E-state index in [4.69, 9.17) is 0 Å². The number of benzene rings is 1. The molecule has 1 amide bonds. The van der Waals surface area contributed by atoms with Gasteiger partial charge in [0.15, 0.2) is 0 Å². The number of aromatic hydroxyl groups is 1. The number of amides is 1. The largest absolute Gasteiger partial charge is 0.506 e. The van der Waals surface area contributed by atoms with Crippen molar-refractivity contribution >= 4 is 11.6 Å². The van der Waals surface area contributed by atoms with Crippen LogP contribution < -0.4 is 4.90 Å². The number of phenols is 1. The summed E-state index contributed by atoms with van der Waals surface area (Å²) < 4.78 is 0. The lowest BCUT2D eigenvalue weighted by Gasteiger charge is -2.30. The zero-order valence-corrected chi connectivity index (χ0v) is 11.1. The quantitative estimate of drug-likeness (QED) is 0.909. The Hall–Kier alpha value is -2.36. The van der Waals surface area contributed by atoms with E-state index in [1.165, 1.54) is 0 Å². The van der Waals surface area contributed by atoms with Crippen molar-refractivity contribution in [2.24, 2.45) is 0 Å². The molecule has 1 aliphatic heterocycles. The van der Waals surface area contributed by atoms with Crippen molar-refractivity contribution in [2.75, 3.05) is 11.4 Å². The summed E-state index contributed by atoms with van der Waals surface area (Å²) in [5.74, 6) is 0.155. The summed E-state index contributed by atoms with van der Waals surface area (Å²) in [6.07, 6.45) is 3.76. The molecule has 2 aromatic rings. The number of anilines is 1. The van der Waals surface area contributed by atoms with Crippen LogP contribution in [0, 0.1) is 0 Å². The lowest BCUT2D eigenvalue weighted by Crippen LogP contribution is -2.36. The van der Waals surface area contributed by atoms with Crippen molar-refractivity contribution < 1.29 is 9.90 Å². The van der Waals surface area contributed by atoms with Crippen LogP contribution in [0.15, 0.2) is 42.6 Å². The van der Waals surface area contributed by atoms with Gasteiger partial charge in [0, 0.05) is 18.4 Å². The fourth-order valence-corrected chi connectivity index (χ4v) is 2.63. The third-order valence-corrected chi connectivity index (χ3v) is 3.56. The molecule has 0 radical (unpaired) electrons. The molecule has 1 aliphatic rings. The van der Waals surface area contributed by atoms with Gasteiger partial charge in [-0.15, -0.1) is 0 Å². The molecule has 0 bridgehead atoms. The summed E-state index contributed by atoms with van der Waals surface area (Å²) in [6, 6.07) is 11.0. The number of para-hydroxylation sites is 1. The number of hydrogen-bond acceptors (Lipinski definition) is 3. The second-order valence-electron chi connectivity index (χ2n) is 4.93. The molecule has 4 heteroatoms. The highest BCUT2D eigenvalue weighted by Crippen LogP contribution is 2.35. The number of hydrogen-bond donors (Lipinski definition) is 1. The van der Waals surface area contributed by atoms with Gasteiger partial charge < -0.3 is 10.0 Å².